The van der Waals surface area contributed by atoms with Gasteiger partial charge in [-0.05, 0) is 4.37 Å². The Morgan fingerprint density at radius 1 is 1.62 bits per heavy atom. The lowest BCUT2D eigenvalue weighted by Gasteiger charge is -1.92. The molecule has 4 N–H and O–H groups in total. The van der Waals surface area contributed by atoms with Gasteiger partial charge in [0.1, 0.15) is 0 Å². The first kappa shape index (κ1) is 5.10. The SMILES string of the molecule is Nc1ns[n+]([O-])c1N. The fourth-order valence-corrected chi connectivity index (χ4v) is 0.702. The van der Waals surface area contributed by atoms with Gasteiger partial charge in [0.05, 0.1) is 0 Å². The molecular weight excluding hydrogens is 128 g/mol. The third kappa shape index (κ3) is 0.544. The molecule has 1 rings (SSSR count). The highest BCUT2D eigenvalue weighted by atomic mass is 32.1. The molecule has 0 spiro atoms. The minimum atomic E-state index is -0.0185. The van der Waals surface area contributed by atoms with Crippen molar-refractivity contribution in [3.05, 3.63) is 5.21 Å². The van der Waals surface area contributed by atoms with Gasteiger partial charge in [-0.15, -0.1) is 0 Å². The quantitative estimate of drug-likeness (QED) is 0.347. The van der Waals surface area contributed by atoms with E-state index in [1.807, 2.05) is 0 Å². The minimum Gasteiger partial charge on any atom is -0.730 e. The first-order valence-corrected chi connectivity index (χ1v) is 2.55. The summed E-state index contributed by atoms with van der Waals surface area (Å²) in [6, 6.07) is 0. The summed E-state index contributed by atoms with van der Waals surface area (Å²) in [4.78, 5) is 0. The Morgan fingerprint density at radius 3 is 2.38 bits per heavy atom. The second kappa shape index (κ2) is 1.48. The summed E-state index contributed by atoms with van der Waals surface area (Å²) in [6.45, 7) is 0. The standard InChI is InChI=1S/C2H4N4OS/c3-1-2(4)6(7)8-5-1/h4H2,(H2,3,5). The molecule has 0 atom stereocenters. The van der Waals surface area contributed by atoms with Crippen LogP contribution in [0.3, 0.4) is 0 Å². The summed E-state index contributed by atoms with van der Waals surface area (Å²) in [5.41, 5.74) is 10.2. The van der Waals surface area contributed by atoms with Crippen molar-refractivity contribution in [2.75, 3.05) is 11.5 Å². The summed E-state index contributed by atoms with van der Waals surface area (Å²) in [6.07, 6.45) is 0. The zero-order chi connectivity index (χ0) is 6.15. The molecule has 6 heteroatoms. The molecule has 0 radical (unpaired) electrons. The molecule has 0 unspecified atom stereocenters. The van der Waals surface area contributed by atoms with E-state index in [-0.39, 0.29) is 11.6 Å². The highest BCUT2D eigenvalue weighted by Gasteiger charge is 2.06. The first-order valence-electron chi connectivity index (χ1n) is 1.82. The number of nitrogens with two attached hydrogens (primary N) is 2. The van der Waals surface area contributed by atoms with Gasteiger partial charge in [-0.25, -0.2) is 0 Å². The molecule has 0 aliphatic heterocycles. The predicted octanol–water partition coefficient (Wildman–Crippen LogP) is -1.06. The van der Waals surface area contributed by atoms with E-state index in [4.69, 9.17) is 11.5 Å². The number of anilines is 2. The molecular formula is C2H4N4OS. The van der Waals surface area contributed by atoms with Crippen LogP contribution in [0, 0.1) is 5.21 Å². The Hall–Kier alpha value is -1.04. The number of rotatable bonds is 0. The van der Waals surface area contributed by atoms with Crippen molar-refractivity contribution >= 4 is 23.4 Å². The molecule has 5 nitrogen and oxygen atoms in total. The highest BCUT2D eigenvalue weighted by Crippen LogP contribution is 2.04. The number of aromatic nitrogens is 2. The van der Waals surface area contributed by atoms with Gasteiger partial charge in [-0.1, -0.05) is 0 Å². The topological polar surface area (TPSA) is 91.9 Å². The van der Waals surface area contributed by atoms with Gasteiger partial charge in [-0.3, -0.25) is 0 Å². The van der Waals surface area contributed by atoms with E-state index in [0.717, 1.165) is 0 Å². The summed E-state index contributed by atoms with van der Waals surface area (Å²) >= 11 is 0.692. The van der Waals surface area contributed by atoms with Gasteiger partial charge in [0, 0.05) is 0 Å². The molecule has 0 saturated carbocycles. The molecule has 0 aliphatic rings. The van der Waals surface area contributed by atoms with Gasteiger partial charge < -0.3 is 16.7 Å². The fraction of sp³-hybridized carbons (Fsp3) is 0. The molecule has 0 saturated heterocycles. The molecule has 8 heavy (non-hydrogen) atoms. The average molecular weight is 132 g/mol. The van der Waals surface area contributed by atoms with Crippen LogP contribution in [-0.4, -0.2) is 4.37 Å². The van der Waals surface area contributed by atoms with Crippen LogP contribution in [0.1, 0.15) is 0 Å². The van der Waals surface area contributed by atoms with Crippen LogP contribution in [0.2, 0.25) is 0 Å². The van der Waals surface area contributed by atoms with Gasteiger partial charge in [0.25, 0.3) is 11.6 Å². The Morgan fingerprint density at radius 2 is 2.25 bits per heavy atom. The van der Waals surface area contributed by atoms with Gasteiger partial charge in [-0.2, -0.15) is 4.12 Å². The van der Waals surface area contributed by atoms with Crippen molar-refractivity contribution in [1.29, 1.82) is 0 Å². The maximum atomic E-state index is 10.3. The predicted molar refractivity (Wildman–Crippen MR) is 29.9 cm³/mol. The van der Waals surface area contributed by atoms with Crippen molar-refractivity contribution in [2.24, 2.45) is 0 Å². The third-order valence-electron chi connectivity index (χ3n) is 0.672. The number of hydrogen-bond acceptors (Lipinski definition) is 5. The van der Waals surface area contributed by atoms with Crippen molar-refractivity contribution in [3.63, 3.8) is 0 Å². The molecule has 0 aliphatic carbocycles. The average Bonchev–Trinajstić information content (AvgIpc) is 1.98. The maximum absolute atomic E-state index is 10.3. The molecule has 0 fully saturated rings. The van der Waals surface area contributed by atoms with E-state index in [1.165, 1.54) is 0 Å². The number of nitrogen functional groups attached to an aromatic ring is 2. The van der Waals surface area contributed by atoms with E-state index >= 15 is 0 Å². The van der Waals surface area contributed by atoms with E-state index in [9.17, 15) is 5.21 Å². The Labute approximate surface area is 49.4 Å². The van der Waals surface area contributed by atoms with Gasteiger partial charge in [0.2, 0.25) is 11.7 Å². The normalized spacial score (nSPS) is 9.50. The van der Waals surface area contributed by atoms with E-state index < -0.39 is 0 Å². The Balaban J connectivity index is 3.19. The highest BCUT2D eigenvalue weighted by molar-refractivity contribution is 6.95. The zero-order valence-corrected chi connectivity index (χ0v) is 4.68. The van der Waals surface area contributed by atoms with Crippen molar-refractivity contribution < 1.29 is 4.12 Å². The van der Waals surface area contributed by atoms with Crippen molar-refractivity contribution in [1.82, 2.24) is 4.37 Å². The molecule has 44 valence electrons. The van der Waals surface area contributed by atoms with Crippen LogP contribution < -0.4 is 15.6 Å². The van der Waals surface area contributed by atoms with Crippen LogP contribution in [0.15, 0.2) is 0 Å². The first-order chi connectivity index (χ1) is 3.72. The lowest BCUT2D eigenvalue weighted by Crippen LogP contribution is -2.23. The molecule has 1 aromatic rings. The van der Waals surface area contributed by atoms with Gasteiger partial charge in [0.15, 0.2) is 0 Å². The van der Waals surface area contributed by atoms with E-state index in [1.54, 1.807) is 0 Å². The fourth-order valence-electron chi connectivity index (χ4n) is 0.265. The molecule has 1 aromatic heterocycles. The van der Waals surface area contributed by atoms with Crippen molar-refractivity contribution in [2.45, 2.75) is 0 Å². The number of hydrogen-bond donors (Lipinski definition) is 2. The summed E-state index contributed by atoms with van der Waals surface area (Å²) in [7, 11) is 0. The monoisotopic (exact) mass is 132 g/mol. The number of nitrogens with zero attached hydrogens (tertiary/aromatic N) is 2. The summed E-state index contributed by atoms with van der Waals surface area (Å²) in [5.74, 6) is 0.0833. The molecule has 1 heterocycles. The van der Waals surface area contributed by atoms with E-state index in [2.05, 4.69) is 4.37 Å². The molecule has 0 bridgehead atoms. The Bertz CT molecular complexity index is 176. The van der Waals surface area contributed by atoms with Crippen LogP contribution in [0.5, 0.6) is 0 Å². The van der Waals surface area contributed by atoms with Crippen LogP contribution >= 0.6 is 11.7 Å². The zero-order valence-electron chi connectivity index (χ0n) is 3.87. The van der Waals surface area contributed by atoms with Crippen LogP contribution in [0.4, 0.5) is 11.6 Å². The van der Waals surface area contributed by atoms with Crippen molar-refractivity contribution in [3.8, 4) is 0 Å². The van der Waals surface area contributed by atoms with Gasteiger partial charge >= 0.3 is 0 Å². The maximum Gasteiger partial charge on any atom is 0.292 e. The molecule has 0 amide bonds. The largest absolute Gasteiger partial charge is 0.730 e. The van der Waals surface area contributed by atoms with Crippen LogP contribution in [0.25, 0.3) is 0 Å². The second-order valence-electron chi connectivity index (χ2n) is 1.20. The summed E-state index contributed by atoms with van der Waals surface area (Å²) in [5, 5.41) is 10.3. The minimum absolute atomic E-state index is 0.0185. The molecule has 0 aromatic carbocycles. The Kier molecular flexibility index (Phi) is 0.943. The lowest BCUT2D eigenvalue weighted by atomic mass is 10.7. The van der Waals surface area contributed by atoms with Crippen LogP contribution in [-0.2, 0) is 0 Å². The smallest absolute Gasteiger partial charge is 0.292 e. The third-order valence-corrected chi connectivity index (χ3v) is 1.30. The summed E-state index contributed by atoms with van der Waals surface area (Å²) < 4.78 is 3.91. The lowest BCUT2D eigenvalue weighted by molar-refractivity contribution is -0.513. The second-order valence-corrected chi connectivity index (χ2v) is 1.88. The van der Waals surface area contributed by atoms with E-state index in [0.29, 0.717) is 15.8 Å².